The Hall–Kier alpha value is -3.40. The number of carbonyl (C=O) groups is 2. The number of ether oxygens (including phenoxy) is 1. The van der Waals surface area contributed by atoms with Crippen molar-refractivity contribution in [1.82, 2.24) is 0 Å². The Morgan fingerprint density at radius 3 is 1.84 bits per heavy atom. The van der Waals surface area contributed by atoms with Crippen molar-refractivity contribution in [3.8, 4) is 28.0 Å². The molecule has 3 nitrogen and oxygen atoms in total. The van der Waals surface area contributed by atoms with Gasteiger partial charge in [-0.1, -0.05) is 71.7 Å². The minimum absolute atomic E-state index is 0.197. The van der Waals surface area contributed by atoms with E-state index in [0.29, 0.717) is 54.7 Å². The van der Waals surface area contributed by atoms with Crippen molar-refractivity contribution < 1.29 is 14.3 Å². The molecule has 0 bridgehead atoms. The molecule has 0 spiro atoms. The third-order valence-electron chi connectivity index (χ3n) is 5.69. The number of ketones is 2. The summed E-state index contributed by atoms with van der Waals surface area (Å²) in [6.45, 7) is 0. The number of halogens is 2. The molecule has 0 amide bonds. The normalized spacial score (nSPS) is 12.3. The molecule has 4 aromatic rings. The molecule has 0 aromatic heterocycles. The largest absolute Gasteiger partial charge is 0.497 e. The molecule has 156 valence electrons. The van der Waals surface area contributed by atoms with Crippen LogP contribution in [0.15, 0.2) is 78.9 Å². The van der Waals surface area contributed by atoms with Gasteiger partial charge in [0.2, 0.25) is 0 Å². The first-order chi connectivity index (χ1) is 15.5. The summed E-state index contributed by atoms with van der Waals surface area (Å²) in [5.74, 6) is 0.293. The average Bonchev–Trinajstić information content (AvgIpc) is 2.83. The number of benzene rings is 4. The predicted octanol–water partition coefficient (Wildman–Crippen LogP) is 7.11. The summed E-state index contributed by atoms with van der Waals surface area (Å²) in [5.41, 5.74) is 4.16. The summed E-state index contributed by atoms with van der Waals surface area (Å²) < 4.78 is 5.26. The third-order valence-corrected chi connectivity index (χ3v) is 6.33. The summed E-state index contributed by atoms with van der Waals surface area (Å²) >= 11 is 13.0. The summed E-state index contributed by atoms with van der Waals surface area (Å²) in [6.07, 6.45) is 0. The Labute approximate surface area is 195 Å². The molecule has 0 heterocycles. The topological polar surface area (TPSA) is 43.4 Å². The van der Waals surface area contributed by atoms with Crippen LogP contribution < -0.4 is 4.74 Å². The quantitative estimate of drug-likeness (QED) is 0.289. The van der Waals surface area contributed by atoms with Crippen molar-refractivity contribution in [2.75, 3.05) is 7.11 Å². The fraction of sp³-hybridized carbons (Fsp3) is 0.0370. The Morgan fingerprint density at radius 1 is 0.625 bits per heavy atom. The van der Waals surface area contributed by atoms with E-state index in [-0.39, 0.29) is 11.6 Å². The minimum atomic E-state index is -0.219. The minimum Gasteiger partial charge on any atom is -0.497 e. The molecule has 0 saturated carbocycles. The Bertz CT molecular complexity index is 1390. The van der Waals surface area contributed by atoms with Crippen molar-refractivity contribution in [2.24, 2.45) is 0 Å². The zero-order valence-corrected chi connectivity index (χ0v) is 18.5. The van der Waals surface area contributed by atoms with Gasteiger partial charge < -0.3 is 4.74 Å². The van der Waals surface area contributed by atoms with Gasteiger partial charge in [-0.15, -0.1) is 0 Å². The van der Waals surface area contributed by atoms with Gasteiger partial charge in [0.15, 0.2) is 11.6 Å². The van der Waals surface area contributed by atoms with Gasteiger partial charge in [0.25, 0.3) is 0 Å². The van der Waals surface area contributed by atoms with Gasteiger partial charge in [0, 0.05) is 38.4 Å². The Balaban J connectivity index is 1.84. The molecule has 32 heavy (non-hydrogen) atoms. The van der Waals surface area contributed by atoms with Crippen LogP contribution in [-0.4, -0.2) is 18.7 Å². The van der Waals surface area contributed by atoms with Crippen molar-refractivity contribution in [2.45, 2.75) is 0 Å². The van der Waals surface area contributed by atoms with E-state index in [9.17, 15) is 9.59 Å². The molecule has 0 fully saturated rings. The van der Waals surface area contributed by atoms with Crippen LogP contribution in [0.1, 0.15) is 31.8 Å². The van der Waals surface area contributed by atoms with E-state index >= 15 is 0 Å². The Morgan fingerprint density at radius 2 is 1.22 bits per heavy atom. The molecule has 0 radical (unpaired) electrons. The highest BCUT2D eigenvalue weighted by Crippen LogP contribution is 2.44. The summed E-state index contributed by atoms with van der Waals surface area (Å²) in [4.78, 5) is 27.0. The van der Waals surface area contributed by atoms with Gasteiger partial charge in [-0.05, 0) is 41.5 Å². The lowest BCUT2D eigenvalue weighted by Crippen LogP contribution is -2.22. The smallest absolute Gasteiger partial charge is 0.195 e. The predicted molar refractivity (Wildman–Crippen MR) is 127 cm³/mol. The summed E-state index contributed by atoms with van der Waals surface area (Å²) in [5, 5.41) is 0.967. The van der Waals surface area contributed by atoms with E-state index in [1.807, 2.05) is 24.3 Å². The first kappa shape index (κ1) is 20.5. The molecule has 0 atom stereocenters. The molecule has 0 saturated heterocycles. The average molecular weight is 459 g/mol. The number of hydrogen-bond acceptors (Lipinski definition) is 3. The molecule has 0 N–H and O–H groups in total. The highest BCUT2D eigenvalue weighted by molar-refractivity contribution is 6.40. The zero-order valence-electron chi connectivity index (χ0n) is 17.0. The van der Waals surface area contributed by atoms with Crippen LogP contribution in [0.4, 0.5) is 0 Å². The van der Waals surface area contributed by atoms with E-state index < -0.39 is 0 Å². The van der Waals surface area contributed by atoms with Gasteiger partial charge in [-0.2, -0.15) is 0 Å². The van der Waals surface area contributed by atoms with Crippen LogP contribution in [0.2, 0.25) is 10.0 Å². The zero-order chi connectivity index (χ0) is 22.4. The Kier molecular flexibility index (Phi) is 5.09. The first-order valence-electron chi connectivity index (χ1n) is 9.95. The monoisotopic (exact) mass is 458 g/mol. The second-order valence-electron chi connectivity index (χ2n) is 7.47. The van der Waals surface area contributed by atoms with E-state index in [2.05, 4.69) is 0 Å². The molecule has 0 aliphatic heterocycles. The van der Waals surface area contributed by atoms with Crippen molar-refractivity contribution in [1.29, 1.82) is 0 Å². The molecule has 5 rings (SSSR count). The molecule has 4 aromatic carbocycles. The fourth-order valence-corrected chi connectivity index (χ4v) is 4.59. The molecule has 5 heteroatoms. The van der Waals surface area contributed by atoms with Gasteiger partial charge >= 0.3 is 0 Å². The number of methoxy groups -OCH3 is 1. The van der Waals surface area contributed by atoms with E-state index in [0.717, 1.165) is 5.56 Å². The number of carbonyl (C=O) groups excluding carboxylic acids is 2. The van der Waals surface area contributed by atoms with Crippen LogP contribution in [-0.2, 0) is 0 Å². The lowest BCUT2D eigenvalue weighted by atomic mass is 9.79. The van der Waals surface area contributed by atoms with Crippen molar-refractivity contribution in [3.05, 3.63) is 111 Å². The maximum atomic E-state index is 13.5. The van der Waals surface area contributed by atoms with Gasteiger partial charge in [0.1, 0.15) is 5.75 Å². The van der Waals surface area contributed by atoms with E-state index in [4.69, 9.17) is 27.9 Å². The van der Waals surface area contributed by atoms with Gasteiger partial charge in [-0.25, -0.2) is 0 Å². The van der Waals surface area contributed by atoms with Gasteiger partial charge in [-0.3, -0.25) is 9.59 Å². The molecule has 1 aliphatic rings. The second kappa shape index (κ2) is 7.94. The van der Waals surface area contributed by atoms with Crippen LogP contribution in [0.3, 0.4) is 0 Å². The maximum absolute atomic E-state index is 13.5. The van der Waals surface area contributed by atoms with Crippen molar-refractivity contribution in [3.63, 3.8) is 0 Å². The van der Waals surface area contributed by atoms with Gasteiger partial charge in [0.05, 0.1) is 12.1 Å². The standard InChI is InChI=1S/C27H16Cl2O3/c1-32-18-12-8-15(9-13-18)21-14-22-24(23(25(21)29)16-6-10-17(28)11-7-16)27(31)20-5-3-2-4-19(20)26(22)30/h2-14H,1H3. The van der Waals surface area contributed by atoms with E-state index in [1.54, 1.807) is 61.7 Å². The van der Waals surface area contributed by atoms with E-state index in [1.165, 1.54) is 0 Å². The second-order valence-corrected chi connectivity index (χ2v) is 8.29. The number of fused-ring (bicyclic) bond motifs is 2. The number of rotatable bonds is 3. The maximum Gasteiger partial charge on any atom is 0.195 e. The van der Waals surface area contributed by atoms with Crippen molar-refractivity contribution >= 4 is 34.8 Å². The lowest BCUT2D eigenvalue weighted by molar-refractivity contribution is 0.0979. The van der Waals surface area contributed by atoms with Crippen LogP contribution in [0.5, 0.6) is 5.75 Å². The van der Waals surface area contributed by atoms with Crippen LogP contribution >= 0.6 is 23.2 Å². The molecular weight excluding hydrogens is 443 g/mol. The molecule has 0 unspecified atom stereocenters. The van der Waals surface area contributed by atoms with Crippen LogP contribution in [0, 0.1) is 0 Å². The summed E-state index contributed by atoms with van der Waals surface area (Å²) in [6, 6.07) is 23.1. The molecule has 1 aliphatic carbocycles. The number of hydrogen-bond donors (Lipinski definition) is 0. The fourth-order valence-electron chi connectivity index (χ4n) is 4.10. The highest BCUT2D eigenvalue weighted by atomic mass is 35.5. The first-order valence-corrected chi connectivity index (χ1v) is 10.7. The van der Waals surface area contributed by atoms with Crippen LogP contribution in [0.25, 0.3) is 22.3 Å². The SMILES string of the molecule is COc1ccc(-c2cc3c(c(-c4ccc(Cl)cc4)c2Cl)C(=O)c2ccccc2C3=O)cc1. The lowest BCUT2D eigenvalue weighted by Gasteiger charge is -2.23. The summed E-state index contributed by atoms with van der Waals surface area (Å²) in [7, 11) is 1.60. The third kappa shape index (κ3) is 3.22. The highest BCUT2D eigenvalue weighted by Gasteiger charge is 2.34. The molecular formula is C27H16Cl2O3.